The molecule has 2 aromatic carbocycles. The Morgan fingerprint density at radius 1 is 1.09 bits per heavy atom. The van der Waals surface area contributed by atoms with Crippen LogP contribution >= 0.6 is 0 Å². The normalized spacial score (nSPS) is 10.2. The van der Waals surface area contributed by atoms with Gasteiger partial charge in [0.25, 0.3) is 0 Å². The van der Waals surface area contributed by atoms with Gasteiger partial charge < -0.3 is 15.4 Å². The highest BCUT2D eigenvalue weighted by molar-refractivity contribution is 5.73. The first-order valence-electron chi connectivity index (χ1n) is 7.66. The minimum Gasteiger partial charge on any atom is -0.494 e. The van der Waals surface area contributed by atoms with E-state index < -0.39 is 0 Å². The highest BCUT2D eigenvalue weighted by atomic mass is 19.1. The van der Waals surface area contributed by atoms with E-state index in [1.54, 1.807) is 12.1 Å². The fraction of sp³-hybridized carbons (Fsp3) is 0.278. The average Bonchev–Trinajstić information content (AvgIpc) is 2.56. The fourth-order valence-corrected chi connectivity index (χ4v) is 2.16. The van der Waals surface area contributed by atoms with Crippen molar-refractivity contribution in [3.8, 4) is 5.75 Å². The first-order valence-corrected chi connectivity index (χ1v) is 7.66. The third kappa shape index (κ3) is 5.62. The van der Waals surface area contributed by atoms with Gasteiger partial charge in [-0.3, -0.25) is 0 Å². The maximum Gasteiger partial charge on any atom is 0.315 e. The zero-order valence-corrected chi connectivity index (χ0v) is 13.1. The number of hydrogen-bond acceptors (Lipinski definition) is 2. The molecule has 0 heterocycles. The molecule has 2 rings (SSSR count). The molecule has 0 fully saturated rings. The van der Waals surface area contributed by atoms with Crippen molar-refractivity contribution in [2.24, 2.45) is 0 Å². The summed E-state index contributed by atoms with van der Waals surface area (Å²) in [6, 6.07) is 13.6. The van der Waals surface area contributed by atoms with E-state index in [0.717, 1.165) is 16.9 Å². The number of rotatable bonds is 7. The quantitative estimate of drug-likeness (QED) is 0.824. The molecule has 0 radical (unpaired) electrons. The Hall–Kier alpha value is -2.56. The molecule has 0 aliphatic rings. The zero-order chi connectivity index (χ0) is 16.5. The van der Waals surface area contributed by atoms with Crippen LogP contribution in [0.3, 0.4) is 0 Å². The number of amides is 2. The minimum atomic E-state index is -0.286. The molecule has 0 saturated heterocycles. The van der Waals surface area contributed by atoms with E-state index in [-0.39, 0.29) is 11.8 Å². The molecule has 0 aliphatic carbocycles. The number of benzene rings is 2. The first-order chi connectivity index (χ1) is 11.2. The van der Waals surface area contributed by atoms with Crippen molar-refractivity contribution in [2.45, 2.75) is 19.9 Å². The predicted molar refractivity (Wildman–Crippen MR) is 88.0 cm³/mol. The molecule has 0 spiro atoms. The van der Waals surface area contributed by atoms with Gasteiger partial charge in [0.1, 0.15) is 11.6 Å². The van der Waals surface area contributed by atoms with Crippen LogP contribution in [0.25, 0.3) is 0 Å². The molecule has 4 nitrogen and oxygen atoms in total. The number of carbonyl (C=O) groups excluding carboxylic acids is 1. The summed E-state index contributed by atoms with van der Waals surface area (Å²) in [6.45, 7) is 3.43. The maximum absolute atomic E-state index is 12.8. The maximum atomic E-state index is 12.8. The lowest BCUT2D eigenvalue weighted by molar-refractivity contribution is 0.240. The van der Waals surface area contributed by atoms with Crippen molar-refractivity contribution in [1.29, 1.82) is 0 Å². The lowest BCUT2D eigenvalue weighted by Gasteiger charge is -2.11. The van der Waals surface area contributed by atoms with Crippen molar-refractivity contribution in [3.63, 3.8) is 0 Å². The second-order valence-electron chi connectivity index (χ2n) is 5.03. The van der Waals surface area contributed by atoms with Gasteiger partial charge >= 0.3 is 6.03 Å². The zero-order valence-electron chi connectivity index (χ0n) is 13.1. The van der Waals surface area contributed by atoms with E-state index in [4.69, 9.17) is 4.74 Å². The van der Waals surface area contributed by atoms with Crippen molar-refractivity contribution in [3.05, 3.63) is 65.5 Å². The van der Waals surface area contributed by atoms with Gasteiger partial charge in [0.15, 0.2) is 0 Å². The van der Waals surface area contributed by atoms with E-state index in [2.05, 4.69) is 10.6 Å². The molecule has 0 atom stereocenters. The fourth-order valence-electron chi connectivity index (χ4n) is 2.16. The van der Waals surface area contributed by atoms with Crippen LogP contribution in [0.5, 0.6) is 5.75 Å². The topological polar surface area (TPSA) is 50.4 Å². The summed E-state index contributed by atoms with van der Waals surface area (Å²) in [5, 5.41) is 5.54. The number of para-hydroxylation sites is 1. The molecule has 0 aliphatic heterocycles. The Morgan fingerprint density at radius 3 is 2.57 bits per heavy atom. The smallest absolute Gasteiger partial charge is 0.315 e. The molecular formula is C18H21FN2O2. The predicted octanol–water partition coefficient (Wildman–Crippen LogP) is 3.27. The third-order valence-electron chi connectivity index (χ3n) is 3.32. The van der Waals surface area contributed by atoms with Crippen molar-refractivity contribution < 1.29 is 13.9 Å². The average molecular weight is 316 g/mol. The Labute approximate surface area is 135 Å². The van der Waals surface area contributed by atoms with E-state index in [0.29, 0.717) is 26.1 Å². The van der Waals surface area contributed by atoms with Crippen LogP contribution in [0.4, 0.5) is 9.18 Å². The number of ether oxygens (including phenoxy) is 1. The van der Waals surface area contributed by atoms with E-state index in [1.807, 2.05) is 31.2 Å². The van der Waals surface area contributed by atoms with Gasteiger partial charge in [0, 0.05) is 13.1 Å². The van der Waals surface area contributed by atoms with Gasteiger partial charge in [-0.1, -0.05) is 30.3 Å². The molecule has 0 unspecified atom stereocenters. The number of nitrogens with one attached hydrogen (secondary N) is 2. The summed E-state index contributed by atoms with van der Waals surface area (Å²) in [5.74, 6) is 0.565. The lowest BCUT2D eigenvalue weighted by Crippen LogP contribution is -2.36. The van der Waals surface area contributed by atoms with Crippen molar-refractivity contribution in [2.75, 3.05) is 13.2 Å². The second-order valence-corrected chi connectivity index (χ2v) is 5.03. The number of urea groups is 1. The molecule has 23 heavy (non-hydrogen) atoms. The summed E-state index contributed by atoms with van der Waals surface area (Å²) in [4.78, 5) is 11.8. The SMILES string of the molecule is CCOc1ccccc1CCNC(=O)NCc1ccc(F)cc1. The highest BCUT2D eigenvalue weighted by Crippen LogP contribution is 2.17. The molecule has 0 saturated carbocycles. The van der Waals surface area contributed by atoms with Gasteiger partial charge in [0.05, 0.1) is 6.61 Å². The van der Waals surface area contributed by atoms with Crippen LogP contribution in [-0.4, -0.2) is 19.2 Å². The number of halogens is 1. The van der Waals surface area contributed by atoms with E-state index >= 15 is 0 Å². The van der Waals surface area contributed by atoms with E-state index in [9.17, 15) is 9.18 Å². The van der Waals surface area contributed by atoms with Crippen LogP contribution < -0.4 is 15.4 Å². The molecular weight excluding hydrogens is 295 g/mol. The molecule has 0 bridgehead atoms. The monoisotopic (exact) mass is 316 g/mol. The molecule has 0 aromatic heterocycles. The lowest BCUT2D eigenvalue weighted by atomic mass is 10.1. The summed E-state index contributed by atoms with van der Waals surface area (Å²) in [7, 11) is 0. The Morgan fingerprint density at radius 2 is 1.83 bits per heavy atom. The van der Waals surface area contributed by atoms with Crippen LogP contribution in [0.15, 0.2) is 48.5 Å². The minimum absolute atomic E-state index is 0.247. The summed E-state index contributed by atoms with van der Waals surface area (Å²) in [5.41, 5.74) is 1.91. The Kier molecular flexibility index (Phi) is 6.41. The first kappa shape index (κ1) is 16.8. The molecule has 122 valence electrons. The Bertz CT molecular complexity index is 629. The molecule has 2 N–H and O–H groups in total. The van der Waals surface area contributed by atoms with Gasteiger partial charge in [-0.05, 0) is 42.7 Å². The standard InChI is InChI=1S/C18H21FN2O2/c1-2-23-17-6-4-3-5-15(17)11-12-20-18(22)21-13-14-7-9-16(19)10-8-14/h3-10H,2,11-13H2,1H3,(H2,20,21,22). The second kappa shape index (κ2) is 8.78. The van der Waals surface area contributed by atoms with Gasteiger partial charge in [-0.25, -0.2) is 9.18 Å². The van der Waals surface area contributed by atoms with Crippen LogP contribution in [0.1, 0.15) is 18.1 Å². The van der Waals surface area contributed by atoms with Gasteiger partial charge in [-0.2, -0.15) is 0 Å². The third-order valence-corrected chi connectivity index (χ3v) is 3.32. The van der Waals surface area contributed by atoms with Crippen LogP contribution in [-0.2, 0) is 13.0 Å². The van der Waals surface area contributed by atoms with Gasteiger partial charge in [0.2, 0.25) is 0 Å². The highest BCUT2D eigenvalue weighted by Gasteiger charge is 2.04. The molecule has 5 heteroatoms. The van der Waals surface area contributed by atoms with Crippen molar-refractivity contribution >= 4 is 6.03 Å². The van der Waals surface area contributed by atoms with Gasteiger partial charge in [-0.15, -0.1) is 0 Å². The Balaban J connectivity index is 1.73. The number of hydrogen-bond donors (Lipinski definition) is 2. The largest absolute Gasteiger partial charge is 0.494 e. The van der Waals surface area contributed by atoms with Crippen LogP contribution in [0, 0.1) is 5.82 Å². The summed E-state index contributed by atoms with van der Waals surface area (Å²) >= 11 is 0. The summed E-state index contributed by atoms with van der Waals surface area (Å²) < 4.78 is 18.3. The number of carbonyl (C=O) groups is 1. The molecule has 2 amide bonds. The van der Waals surface area contributed by atoms with Crippen LogP contribution in [0.2, 0.25) is 0 Å². The molecule has 2 aromatic rings. The summed E-state index contributed by atoms with van der Waals surface area (Å²) in [6.07, 6.45) is 0.695. The van der Waals surface area contributed by atoms with Crippen molar-refractivity contribution in [1.82, 2.24) is 10.6 Å². The van der Waals surface area contributed by atoms with E-state index in [1.165, 1.54) is 12.1 Å².